The molecule has 0 saturated heterocycles. The molecule has 0 bridgehead atoms. The summed E-state index contributed by atoms with van der Waals surface area (Å²) >= 11 is 0. The minimum atomic E-state index is 0.801. The quantitative estimate of drug-likeness (QED) is 0.578. The molecule has 0 saturated carbocycles. The molecule has 0 aliphatic heterocycles. The van der Waals surface area contributed by atoms with Crippen molar-refractivity contribution in [2.45, 2.75) is 39.5 Å². The van der Waals surface area contributed by atoms with E-state index in [1.165, 1.54) is 13.0 Å². The Balaban J connectivity index is 3.65. The van der Waals surface area contributed by atoms with E-state index in [4.69, 9.17) is 5.73 Å². The monoisotopic (exact) mass is 224 g/mol. The number of nitrogens with zero attached hydrogens (tertiary/aromatic N) is 1. The predicted octanol–water partition coefficient (Wildman–Crippen LogP) is 2.96. The third-order valence-electron chi connectivity index (χ3n) is 2.45. The summed E-state index contributed by atoms with van der Waals surface area (Å²) in [5.41, 5.74) is 5.53. The van der Waals surface area contributed by atoms with Gasteiger partial charge in [-0.3, -0.25) is 0 Å². The smallest absolute Gasteiger partial charge is 0.00160 e. The summed E-state index contributed by atoms with van der Waals surface area (Å²) in [6, 6.07) is 0. The fraction of sp³-hybridized carbons (Fsp3) is 0.714. The lowest BCUT2D eigenvalue weighted by Crippen LogP contribution is -2.28. The fourth-order valence-corrected chi connectivity index (χ4v) is 1.61. The first-order chi connectivity index (χ1) is 7.85. The van der Waals surface area contributed by atoms with E-state index in [1.807, 2.05) is 0 Å². The maximum atomic E-state index is 5.53. The summed E-state index contributed by atoms with van der Waals surface area (Å²) in [4.78, 5) is 2.50. The molecule has 0 rings (SSSR count). The molecule has 0 heterocycles. The van der Waals surface area contributed by atoms with Gasteiger partial charge in [0.1, 0.15) is 0 Å². The number of hydrogen-bond acceptors (Lipinski definition) is 2. The van der Waals surface area contributed by atoms with E-state index in [0.29, 0.717) is 0 Å². The molecule has 2 heteroatoms. The summed E-state index contributed by atoms with van der Waals surface area (Å²) < 4.78 is 0. The molecular formula is C14H28N2. The first-order valence-corrected chi connectivity index (χ1v) is 6.59. The van der Waals surface area contributed by atoms with Crippen molar-refractivity contribution >= 4 is 0 Å². The average molecular weight is 224 g/mol. The van der Waals surface area contributed by atoms with Crippen LogP contribution in [0.3, 0.4) is 0 Å². The topological polar surface area (TPSA) is 29.3 Å². The van der Waals surface area contributed by atoms with Gasteiger partial charge in [0, 0.05) is 6.54 Å². The molecule has 0 aromatic carbocycles. The third kappa shape index (κ3) is 9.94. The van der Waals surface area contributed by atoms with Gasteiger partial charge in [-0.15, -0.1) is 0 Å². The van der Waals surface area contributed by atoms with Crippen LogP contribution in [0.15, 0.2) is 24.3 Å². The minimum absolute atomic E-state index is 0.801. The van der Waals surface area contributed by atoms with Crippen LogP contribution in [0.5, 0.6) is 0 Å². The highest BCUT2D eigenvalue weighted by molar-refractivity contribution is 5.02. The summed E-state index contributed by atoms with van der Waals surface area (Å²) in [5.74, 6) is 0. The SMILES string of the molecule is CC/C=C\C=C/CCN(CCC)CCCN. The molecule has 2 nitrogen and oxygen atoms in total. The van der Waals surface area contributed by atoms with Gasteiger partial charge in [-0.05, 0) is 45.3 Å². The zero-order chi connectivity index (χ0) is 12.1. The van der Waals surface area contributed by atoms with E-state index in [-0.39, 0.29) is 0 Å². The maximum absolute atomic E-state index is 5.53. The first kappa shape index (κ1) is 15.4. The van der Waals surface area contributed by atoms with E-state index in [1.54, 1.807) is 0 Å². The van der Waals surface area contributed by atoms with Gasteiger partial charge >= 0.3 is 0 Å². The molecule has 0 aromatic heterocycles. The molecule has 0 radical (unpaired) electrons. The summed E-state index contributed by atoms with van der Waals surface area (Å²) in [5, 5.41) is 0. The van der Waals surface area contributed by atoms with Gasteiger partial charge in [0.15, 0.2) is 0 Å². The van der Waals surface area contributed by atoms with E-state index in [2.05, 4.69) is 43.1 Å². The molecule has 2 N–H and O–H groups in total. The Kier molecular flexibility index (Phi) is 12.0. The lowest BCUT2D eigenvalue weighted by Gasteiger charge is -2.20. The highest BCUT2D eigenvalue weighted by Crippen LogP contribution is 1.97. The van der Waals surface area contributed by atoms with E-state index in [0.717, 1.165) is 38.9 Å². The van der Waals surface area contributed by atoms with Gasteiger partial charge in [-0.1, -0.05) is 38.2 Å². The van der Waals surface area contributed by atoms with Crippen LogP contribution in [-0.2, 0) is 0 Å². The number of hydrogen-bond donors (Lipinski definition) is 1. The van der Waals surface area contributed by atoms with Crippen LogP contribution in [0.4, 0.5) is 0 Å². The van der Waals surface area contributed by atoms with Crippen molar-refractivity contribution in [3.8, 4) is 0 Å². The van der Waals surface area contributed by atoms with Crippen molar-refractivity contribution in [1.82, 2.24) is 4.90 Å². The lowest BCUT2D eigenvalue weighted by atomic mass is 10.3. The molecule has 0 fully saturated rings. The maximum Gasteiger partial charge on any atom is 0.00160 e. The van der Waals surface area contributed by atoms with Crippen molar-refractivity contribution in [3.05, 3.63) is 24.3 Å². The van der Waals surface area contributed by atoms with E-state index in [9.17, 15) is 0 Å². The van der Waals surface area contributed by atoms with Crippen molar-refractivity contribution in [2.24, 2.45) is 5.73 Å². The zero-order valence-corrected chi connectivity index (χ0v) is 11.0. The van der Waals surface area contributed by atoms with E-state index < -0.39 is 0 Å². The van der Waals surface area contributed by atoms with Gasteiger partial charge < -0.3 is 10.6 Å². The molecular weight excluding hydrogens is 196 g/mol. The Hall–Kier alpha value is -0.600. The van der Waals surface area contributed by atoms with Gasteiger partial charge in [-0.2, -0.15) is 0 Å². The molecule has 0 aromatic rings. The molecule has 0 aliphatic carbocycles. The van der Waals surface area contributed by atoms with Crippen molar-refractivity contribution < 1.29 is 0 Å². The highest BCUT2D eigenvalue weighted by atomic mass is 15.1. The van der Waals surface area contributed by atoms with Crippen LogP contribution in [-0.4, -0.2) is 31.1 Å². The van der Waals surface area contributed by atoms with Gasteiger partial charge in [-0.25, -0.2) is 0 Å². The molecule has 0 atom stereocenters. The molecule has 0 aliphatic rings. The Morgan fingerprint density at radius 1 is 1.00 bits per heavy atom. The standard InChI is InChI=1S/C14H28N2/c1-3-5-6-7-8-9-13-16(12-4-2)14-10-11-15/h5-8H,3-4,9-15H2,1-2H3/b6-5-,8-7-. The average Bonchev–Trinajstić information content (AvgIpc) is 2.30. The second kappa shape index (κ2) is 12.5. The zero-order valence-electron chi connectivity index (χ0n) is 11.0. The molecule has 0 unspecified atom stereocenters. The molecule has 0 spiro atoms. The second-order valence-corrected chi connectivity index (χ2v) is 4.04. The highest BCUT2D eigenvalue weighted by Gasteiger charge is 2.00. The van der Waals surface area contributed by atoms with Crippen molar-refractivity contribution in [1.29, 1.82) is 0 Å². The van der Waals surface area contributed by atoms with Crippen LogP contribution in [0.25, 0.3) is 0 Å². The third-order valence-corrected chi connectivity index (χ3v) is 2.45. The van der Waals surface area contributed by atoms with Crippen LogP contribution in [0.1, 0.15) is 39.5 Å². The fourth-order valence-electron chi connectivity index (χ4n) is 1.61. The molecule has 0 amide bonds. The lowest BCUT2D eigenvalue weighted by molar-refractivity contribution is 0.277. The van der Waals surface area contributed by atoms with Gasteiger partial charge in [0.05, 0.1) is 0 Å². The molecule has 94 valence electrons. The summed E-state index contributed by atoms with van der Waals surface area (Å²) in [7, 11) is 0. The second-order valence-electron chi connectivity index (χ2n) is 4.04. The summed E-state index contributed by atoms with van der Waals surface area (Å²) in [6.07, 6.45) is 13.3. The normalized spacial score (nSPS) is 12.2. The first-order valence-electron chi connectivity index (χ1n) is 6.59. The van der Waals surface area contributed by atoms with Gasteiger partial charge in [0.25, 0.3) is 0 Å². The Bertz CT molecular complexity index is 185. The van der Waals surface area contributed by atoms with Crippen LogP contribution in [0.2, 0.25) is 0 Å². The Morgan fingerprint density at radius 3 is 2.38 bits per heavy atom. The van der Waals surface area contributed by atoms with Crippen molar-refractivity contribution in [3.63, 3.8) is 0 Å². The Morgan fingerprint density at radius 2 is 1.75 bits per heavy atom. The summed E-state index contributed by atoms with van der Waals surface area (Å²) in [6.45, 7) is 8.68. The van der Waals surface area contributed by atoms with Crippen LogP contribution in [0, 0.1) is 0 Å². The Labute approximate surface area is 101 Å². The number of rotatable bonds is 10. The van der Waals surface area contributed by atoms with Gasteiger partial charge in [0.2, 0.25) is 0 Å². The minimum Gasteiger partial charge on any atom is -0.330 e. The van der Waals surface area contributed by atoms with E-state index >= 15 is 0 Å². The predicted molar refractivity (Wildman–Crippen MR) is 73.6 cm³/mol. The van der Waals surface area contributed by atoms with Crippen LogP contribution < -0.4 is 5.73 Å². The van der Waals surface area contributed by atoms with Crippen molar-refractivity contribution in [2.75, 3.05) is 26.2 Å². The number of nitrogens with two attached hydrogens (primary N) is 1. The van der Waals surface area contributed by atoms with Crippen LogP contribution >= 0.6 is 0 Å². The molecule has 16 heavy (non-hydrogen) atoms. The number of allylic oxidation sites excluding steroid dienone is 3. The largest absolute Gasteiger partial charge is 0.330 e.